The molecule has 1 atom stereocenters. The van der Waals surface area contributed by atoms with Gasteiger partial charge in [0, 0.05) is 30.3 Å². The molecule has 0 saturated carbocycles. The number of rotatable bonds is 3. The summed E-state index contributed by atoms with van der Waals surface area (Å²) in [6, 6.07) is 0.521. The summed E-state index contributed by atoms with van der Waals surface area (Å²) in [5.74, 6) is 0. The van der Waals surface area contributed by atoms with Gasteiger partial charge in [-0.2, -0.15) is 0 Å². The molecule has 0 bridgehead atoms. The Labute approximate surface area is 88.5 Å². The highest BCUT2D eigenvalue weighted by Gasteiger charge is 2.13. The van der Waals surface area contributed by atoms with Crippen molar-refractivity contribution in [3.8, 4) is 0 Å². The van der Waals surface area contributed by atoms with Crippen molar-refractivity contribution in [3.05, 3.63) is 16.1 Å². The smallest absolute Gasteiger partial charge is 0.107 e. The summed E-state index contributed by atoms with van der Waals surface area (Å²) in [5, 5.41) is 6.74. The average Bonchev–Trinajstić information content (AvgIpc) is 2.63. The van der Waals surface area contributed by atoms with Crippen LogP contribution < -0.4 is 5.32 Å². The normalized spacial score (nSPS) is 22.5. The van der Waals surface area contributed by atoms with Crippen molar-refractivity contribution >= 4 is 11.3 Å². The van der Waals surface area contributed by atoms with E-state index in [2.05, 4.69) is 15.7 Å². The number of nitrogens with zero attached hydrogens (tertiary/aromatic N) is 1. The highest BCUT2D eigenvalue weighted by Crippen LogP contribution is 2.10. The van der Waals surface area contributed by atoms with Crippen LogP contribution in [-0.4, -0.2) is 24.2 Å². The molecule has 2 rings (SSSR count). The molecule has 1 saturated heterocycles. The van der Waals surface area contributed by atoms with Crippen molar-refractivity contribution in [1.82, 2.24) is 10.3 Å². The SMILES string of the molecule is Cc1csc(CNC2CCCOC2)n1. The van der Waals surface area contributed by atoms with Crippen LogP contribution in [0.4, 0.5) is 0 Å². The Bertz CT molecular complexity index is 281. The maximum Gasteiger partial charge on any atom is 0.107 e. The number of hydrogen-bond donors (Lipinski definition) is 1. The topological polar surface area (TPSA) is 34.1 Å². The van der Waals surface area contributed by atoms with Gasteiger partial charge in [-0.1, -0.05) is 0 Å². The average molecular weight is 212 g/mol. The van der Waals surface area contributed by atoms with E-state index in [-0.39, 0.29) is 0 Å². The quantitative estimate of drug-likeness (QED) is 0.828. The number of hydrogen-bond acceptors (Lipinski definition) is 4. The molecule has 1 N–H and O–H groups in total. The van der Waals surface area contributed by atoms with Crippen LogP contribution in [0.5, 0.6) is 0 Å². The van der Waals surface area contributed by atoms with Crippen LogP contribution in [0, 0.1) is 6.92 Å². The second-order valence-corrected chi connectivity index (χ2v) is 4.62. The summed E-state index contributed by atoms with van der Waals surface area (Å²) in [6.07, 6.45) is 2.40. The van der Waals surface area contributed by atoms with E-state index in [9.17, 15) is 0 Å². The van der Waals surface area contributed by atoms with E-state index in [1.165, 1.54) is 17.8 Å². The lowest BCUT2D eigenvalue weighted by Gasteiger charge is -2.22. The lowest BCUT2D eigenvalue weighted by Crippen LogP contribution is -2.36. The van der Waals surface area contributed by atoms with Gasteiger partial charge in [0.15, 0.2) is 0 Å². The van der Waals surface area contributed by atoms with Gasteiger partial charge in [-0.25, -0.2) is 4.98 Å². The van der Waals surface area contributed by atoms with Gasteiger partial charge in [0.1, 0.15) is 5.01 Å². The maximum absolute atomic E-state index is 5.40. The Hall–Kier alpha value is -0.450. The molecule has 1 aromatic rings. The first-order valence-electron chi connectivity index (χ1n) is 5.07. The Morgan fingerprint density at radius 1 is 1.71 bits per heavy atom. The van der Waals surface area contributed by atoms with Crippen molar-refractivity contribution < 1.29 is 4.74 Å². The number of aromatic nitrogens is 1. The van der Waals surface area contributed by atoms with Gasteiger partial charge in [-0.3, -0.25) is 0 Å². The van der Waals surface area contributed by atoms with E-state index >= 15 is 0 Å². The molecule has 1 aromatic heterocycles. The molecular weight excluding hydrogens is 196 g/mol. The first-order valence-corrected chi connectivity index (χ1v) is 5.94. The third kappa shape index (κ3) is 2.77. The van der Waals surface area contributed by atoms with Crippen molar-refractivity contribution in [2.45, 2.75) is 32.4 Å². The summed E-state index contributed by atoms with van der Waals surface area (Å²) in [5.41, 5.74) is 1.12. The zero-order valence-corrected chi connectivity index (χ0v) is 9.27. The predicted molar refractivity (Wildman–Crippen MR) is 57.5 cm³/mol. The highest BCUT2D eigenvalue weighted by molar-refractivity contribution is 7.09. The first kappa shape index (κ1) is 10.1. The van der Waals surface area contributed by atoms with Crippen LogP contribution in [0.1, 0.15) is 23.5 Å². The minimum atomic E-state index is 0.521. The number of ether oxygens (including phenoxy) is 1. The van der Waals surface area contributed by atoms with Gasteiger partial charge in [-0.05, 0) is 19.8 Å². The Morgan fingerprint density at radius 2 is 2.64 bits per heavy atom. The molecule has 3 nitrogen and oxygen atoms in total. The lowest BCUT2D eigenvalue weighted by molar-refractivity contribution is 0.0699. The van der Waals surface area contributed by atoms with Gasteiger partial charge in [0.05, 0.1) is 6.61 Å². The molecule has 78 valence electrons. The van der Waals surface area contributed by atoms with Gasteiger partial charge < -0.3 is 10.1 Å². The van der Waals surface area contributed by atoms with Crippen molar-refractivity contribution in [1.29, 1.82) is 0 Å². The summed E-state index contributed by atoms with van der Waals surface area (Å²) in [7, 11) is 0. The van der Waals surface area contributed by atoms with Crippen LogP contribution in [0.15, 0.2) is 5.38 Å². The molecule has 1 fully saturated rings. The predicted octanol–water partition coefficient (Wildman–Crippen LogP) is 1.72. The zero-order valence-electron chi connectivity index (χ0n) is 8.45. The molecular formula is C10H16N2OS. The van der Waals surface area contributed by atoms with Gasteiger partial charge in [-0.15, -0.1) is 11.3 Å². The van der Waals surface area contributed by atoms with Crippen LogP contribution in [0.3, 0.4) is 0 Å². The molecule has 1 aliphatic rings. The zero-order chi connectivity index (χ0) is 9.80. The van der Waals surface area contributed by atoms with E-state index in [0.29, 0.717) is 6.04 Å². The monoisotopic (exact) mass is 212 g/mol. The van der Waals surface area contributed by atoms with Gasteiger partial charge >= 0.3 is 0 Å². The van der Waals surface area contributed by atoms with Gasteiger partial charge in [0.2, 0.25) is 0 Å². The number of thiazole rings is 1. The van der Waals surface area contributed by atoms with Gasteiger partial charge in [0.25, 0.3) is 0 Å². The van der Waals surface area contributed by atoms with Crippen molar-refractivity contribution in [2.75, 3.05) is 13.2 Å². The van der Waals surface area contributed by atoms with Crippen LogP contribution in [0.25, 0.3) is 0 Å². The summed E-state index contributed by atoms with van der Waals surface area (Å²) >= 11 is 1.72. The number of nitrogens with one attached hydrogen (secondary N) is 1. The molecule has 0 aromatic carbocycles. The highest BCUT2D eigenvalue weighted by atomic mass is 32.1. The standard InChI is InChI=1S/C10H16N2OS/c1-8-7-14-10(12-8)5-11-9-3-2-4-13-6-9/h7,9,11H,2-6H2,1H3. The van der Waals surface area contributed by atoms with E-state index in [4.69, 9.17) is 4.74 Å². The van der Waals surface area contributed by atoms with Crippen molar-refractivity contribution in [3.63, 3.8) is 0 Å². The van der Waals surface area contributed by atoms with E-state index in [0.717, 1.165) is 25.5 Å². The second-order valence-electron chi connectivity index (χ2n) is 3.68. The van der Waals surface area contributed by atoms with E-state index in [1.807, 2.05) is 6.92 Å². The van der Waals surface area contributed by atoms with E-state index in [1.54, 1.807) is 11.3 Å². The Kier molecular flexibility index (Phi) is 3.50. The fraction of sp³-hybridized carbons (Fsp3) is 0.700. The molecule has 0 amide bonds. The third-order valence-corrected chi connectivity index (χ3v) is 3.34. The summed E-state index contributed by atoms with van der Waals surface area (Å²) in [6.45, 7) is 4.69. The van der Waals surface area contributed by atoms with Crippen molar-refractivity contribution in [2.24, 2.45) is 0 Å². The minimum Gasteiger partial charge on any atom is -0.380 e. The lowest BCUT2D eigenvalue weighted by atomic mass is 10.1. The fourth-order valence-electron chi connectivity index (χ4n) is 1.62. The molecule has 2 heterocycles. The molecule has 0 spiro atoms. The third-order valence-electron chi connectivity index (χ3n) is 2.37. The molecule has 0 aliphatic carbocycles. The second kappa shape index (κ2) is 4.87. The summed E-state index contributed by atoms with van der Waals surface area (Å²) < 4.78 is 5.40. The molecule has 0 radical (unpaired) electrons. The maximum atomic E-state index is 5.40. The largest absolute Gasteiger partial charge is 0.380 e. The Morgan fingerprint density at radius 3 is 3.29 bits per heavy atom. The molecule has 1 aliphatic heterocycles. The Balaban J connectivity index is 1.76. The molecule has 4 heteroatoms. The number of aryl methyl sites for hydroxylation is 1. The van der Waals surface area contributed by atoms with Crippen LogP contribution >= 0.6 is 11.3 Å². The van der Waals surface area contributed by atoms with Crippen LogP contribution in [0.2, 0.25) is 0 Å². The fourth-order valence-corrected chi connectivity index (χ4v) is 2.34. The minimum absolute atomic E-state index is 0.521. The van der Waals surface area contributed by atoms with E-state index < -0.39 is 0 Å². The first-order chi connectivity index (χ1) is 6.84. The summed E-state index contributed by atoms with van der Waals surface area (Å²) in [4.78, 5) is 4.41. The molecule has 14 heavy (non-hydrogen) atoms. The molecule has 1 unspecified atom stereocenters. The van der Waals surface area contributed by atoms with Crippen LogP contribution in [-0.2, 0) is 11.3 Å².